The largest absolute Gasteiger partial charge is 0.449 e. The Balaban J connectivity index is 1.40. The number of anilines is 2. The van der Waals surface area contributed by atoms with Crippen LogP contribution in [-0.4, -0.2) is 78.8 Å². The maximum atomic E-state index is 13.5. The minimum Gasteiger partial charge on any atom is -0.449 e. The van der Waals surface area contributed by atoms with Gasteiger partial charge in [0.05, 0.1) is 19.6 Å². The zero-order chi connectivity index (χ0) is 29.8. The molecule has 5 rings (SSSR count). The summed E-state index contributed by atoms with van der Waals surface area (Å²) in [7, 11) is 3.49. The average Bonchev–Trinajstić information content (AvgIpc) is 3.35. The van der Waals surface area contributed by atoms with Gasteiger partial charge in [0.25, 0.3) is 5.91 Å². The van der Waals surface area contributed by atoms with E-state index >= 15 is 0 Å². The van der Waals surface area contributed by atoms with Gasteiger partial charge in [0.1, 0.15) is 17.1 Å². The van der Waals surface area contributed by atoms with Crippen molar-refractivity contribution in [2.45, 2.75) is 39.0 Å². The molecule has 1 aromatic carbocycles. The molecule has 2 N–H and O–H groups in total. The van der Waals surface area contributed by atoms with Gasteiger partial charge >= 0.3 is 0 Å². The van der Waals surface area contributed by atoms with Gasteiger partial charge in [-0.05, 0) is 61.9 Å². The first-order valence-electron chi connectivity index (χ1n) is 14.4. The Morgan fingerprint density at radius 2 is 1.69 bits per heavy atom. The van der Waals surface area contributed by atoms with Gasteiger partial charge in [0.15, 0.2) is 0 Å². The van der Waals surface area contributed by atoms with Crippen molar-refractivity contribution < 1.29 is 28.3 Å². The van der Waals surface area contributed by atoms with E-state index < -0.39 is 5.91 Å². The predicted molar refractivity (Wildman–Crippen MR) is 157 cm³/mol. The Hall–Kier alpha value is -4.25. The van der Waals surface area contributed by atoms with Crippen LogP contribution in [0.15, 0.2) is 40.9 Å². The number of morpholine rings is 1. The number of nitrogens with zero attached hydrogens (tertiary/aromatic N) is 3. The lowest BCUT2D eigenvalue weighted by atomic mass is 9.81. The number of pyridine rings is 1. The van der Waals surface area contributed by atoms with E-state index in [1.165, 1.54) is 0 Å². The highest BCUT2D eigenvalue weighted by Crippen LogP contribution is 2.35. The molecule has 0 radical (unpaired) electrons. The lowest BCUT2D eigenvalue weighted by Gasteiger charge is -2.28. The van der Waals surface area contributed by atoms with Gasteiger partial charge in [-0.1, -0.05) is 12.1 Å². The van der Waals surface area contributed by atoms with E-state index in [1.807, 2.05) is 13.0 Å². The third-order valence-electron chi connectivity index (χ3n) is 7.97. The number of carbonyl (C=O) groups is 4. The lowest BCUT2D eigenvalue weighted by Crippen LogP contribution is -2.41. The molecule has 1 aliphatic carbocycles. The van der Waals surface area contributed by atoms with Crippen LogP contribution in [0.3, 0.4) is 0 Å². The van der Waals surface area contributed by atoms with Crippen LogP contribution in [0.25, 0.3) is 11.0 Å². The first-order valence-corrected chi connectivity index (χ1v) is 14.4. The second-order valence-corrected chi connectivity index (χ2v) is 11.3. The number of hydrogen-bond acceptors (Lipinski definition) is 7. The van der Waals surface area contributed by atoms with Crippen LogP contribution < -0.4 is 10.6 Å². The number of fused-ring (bicyclic) bond motifs is 1. The van der Waals surface area contributed by atoms with E-state index in [9.17, 15) is 19.2 Å². The Morgan fingerprint density at radius 3 is 2.36 bits per heavy atom. The van der Waals surface area contributed by atoms with Crippen molar-refractivity contribution in [2.75, 3.05) is 51.0 Å². The zero-order valence-corrected chi connectivity index (χ0v) is 24.3. The molecular formula is C31H37N5O6. The van der Waals surface area contributed by atoms with Gasteiger partial charge < -0.3 is 29.6 Å². The molecule has 222 valence electrons. The Kier molecular flexibility index (Phi) is 8.86. The van der Waals surface area contributed by atoms with E-state index in [0.29, 0.717) is 68.8 Å². The normalized spacial score (nSPS) is 18.9. The summed E-state index contributed by atoms with van der Waals surface area (Å²) in [5.41, 5.74) is 2.36. The molecule has 0 bridgehead atoms. The van der Waals surface area contributed by atoms with Gasteiger partial charge in [-0.15, -0.1) is 0 Å². The highest BCUT2D eigenvalue weighted by atomic mass is 16.5. The number of aromatic nitrogens is 1. The minimum absolute atomic E-state index is 0.0147. The van der Waals surface area contributed by atoms with Gasteiger partial charge in [0, 0.05) is 50.6 Å². The van der Waals surface area contributed by atoms with Crippen molar-refractivity contribution in [1.82, 2.24) is 14.8 Å². The molecule has 1 saturated heterocycles. The van der Waals surface area contributed by atoms with Crippen LogP contribution in [0.5, 0.6) is 0 Å². The molecule has 0 unspecified atom stereocenters. The molecule has 4 amide bonds. The van der Waals surface area contributed by atoms with Crippen molar-refractivity contribution in [3.8, 4) is 0 Å². The zero-order valence-electron chi connectivity index (χ0n) is 24.3. The summed E-state index contributed by atoms with van der Waals surface area (Å²) in [5.74, 6) is -0.806. The molecular weight excluding hydrogens is 538 g/mol. The van der Waals surface area contributed by atoms with E-state index in [0.717, 1.165) is 11.1 Å². The van der Waals surface area contributed by atoms with Crippen LogP contribution in [0.1, 0.15) is 47.4 Å². The third kappa shape index (κ3) is 6.62. The number of rotatable bonds is 7. The molecule has 1 saturated carbocycles. The molecule has 1 aliphatic heterocycles. The summed E-state index contributed by atoms with van der Waals surface area (Å²) in [5, 5.41) is 6.25. The van der Waals surface area contributed by atoms with Crippen molar-refractivity contribution in [2.24, 2.45) is 11.8 Å². The van der Waals surface area contributed by atoms with Crippen LogP contribution in [0.2, 0.25) is 0 Å². The molecule has 2 fully saturated rings. The monoisotopic (exact) mass is 575 g/mol. The summed E-state index contributed by atoms with van der Waals surface area (Å²) < 4.78 is 11.3. The van der Waals surface area contributed by atoms with Crippen LogP contribution >= 0.6 is 0 Å². The molecule has 2 aliphatic rings. The molecule has 3 aromatic rings. The number of furan rings is 1. The smallest absolute Gasteiger partial charge is 0.294 e. The topological polar surface area (TPSA) is 134 Å². The number of hydrogen-bond donors (Lipinski definition) is 2. The second kappa shape index (κ2) is 12.7. The van der Waals surface area contributed by atoms with Crippen molar-refractivity contribution in [3.63, 3.8) is 0 Å². The van der Waals surface area contributed by atoms with Gasteiger partial charge in [-0.2, -0.15) is 0 Å². The number of carbonyl (C=O) groups excluding carboxylic acids is 4. The molecule has 3 heterocycles. The minimum atomic E-state index is -0.552. The molecule has 11 nitrogen and oxygen atoms in total. The highest BCUT2D eigenvalue weighted by Gasteiger charge is 2.32. The Labute approximate surface area is 244 Å². The van der Waals surface area contributed by atoms with Gasteiger partial charge in [-0.3, -0.25) is 19.2 Å². The first-order chi connectivity index (χ1) is 20.2. The number of benzene rings is 1. The van der Waals surface area contributed by atoms with Crippen molar-refractivity contribution >= 4 is 46.1 Å². The predicted octanol–water partition coefficient (Wildman–Crippen LogP) is 3.62. The fourth-order valence-electron chi connectivity index (χ4n) is 5.55. The number of amides is 4. The van der Waals surface area contributed by atoms with E-state index in [1.54, 1.807) is 54.4 Å². The van der Waals surface area contributed by atoms with E-state index in [2.05, 4.69) is 15.6 Å². The standard InChI is InChI=1S/C31H37N5O6/c1-19-4-11-25(32-18-19)33-30(39)28-27(34-29(38)21-6-8-22(9-7-21)31(40)35(2)3)23-16-20(5-10-24(23)42-28)17-26(37)36-12-14-41-15-13-36/h4-5,10-11,16,18,21-22H,6-9,12-15,17H2,1-3H3,(H,34,38)(H,32,33,39)/t21-,22-. The third-order valence-corrected chi connectivity index (χ3v) is 7.97. The van der Waals surface area contributed by atoms with Crippen LogP contribution in [0, 0.1) is 18.8 Å². The maximum Gasteiger partial charge on any atom is 0.294 e. The van der Waals surface area contributed by atoms with Gasteiger partial charge in [-0.25, -0.2) is 4.98 Å². The number of ether oxygens (including phenoxy) is 1. The van der Waals surface area contributed by atoms with Crippen LogP contribution in [0.4, 0.5) is 11.5 Å². The molecule has 2 aromatic heterocycles. The van der Waals surface area contributed by atoms with E-state index in [-0.39, 0.29) is 47.4 Å². The van der Waals surface area contributed by atoms with E-state index in [4.69, 9.17) is 9.15 Å². The fraction of sp³-hybridized carbons (Fsp3) is 0.452. The molecule has 11 heteroatoms. The highest BCUT2D eigenvalue weighted by molar-refractivity contribution is 6.14. The molecule has 0 atom stereocenters. The Morgan fingerprint density at radius 1 is 0.976 bits per heavy atom. The van der Waals surface area contributed by atoms with Crippen LogP contribution in [-0.2, 0) is 25.5 Å². The summed E-state index contributed by atoms with van der Waals surface area (Å²) >= 11 is 0. The summed E-state index contributed by atoms with van der Waals surface area (Å²) in [4.78, 5) is 59.8. The molecule has 42 heavy (non-hydrogen) atoms. The first kappa shape index (κ1) is 29.2. The summed E-state index contributed by atoms with van der Waals surface area (Å²) in [6, 6.07) is 8.82. The van der Waals surface area contributed by atoms with Gasteiger partial charge in [0.2, 0.25) is 23.5 Å². The lowest BCUT2D eigenvalue weighted by molar-refractivity contribution is -0.135. The number of nitrogens with one attached hydrogen (secondary N) is 2. The van der Waals surface area contributed by atoms with Crippen molar-refractivity contribution in [3.05, 3.63) is 53.4 Å². The number of aryl methyl sites for hydroxylation is 1. The molecule has 0 spiro atoms. The summed E-state index contributed by atoms with van der Waals surface area (Å²) in [6.07, 6.45) is 4.21. The quantitative estimate of drug-likeness (QED) is 0.440. The second-order valence-electron chi connectivity index (χ2n) is 11.3. The fourth-order valence-corrected chi connectivity index (χ4v) is 5.55. The Bertz CT molecular complexity index is 1470. The maximum absolute atomic E-state index is 13.5. The SMILES string of the molecule is Cc1ccc(NC(=O)c2oc3ccc(CC(=O)N4CCOCC4)cc3c2NC(=O)[C@H]2CC[C@H](C(=O)N(C)C)CC2)nc1. The average molecular weight is 576 g/mol. The summed E-state index contributed by atoms with van der Waals surface area (Å²) in [6.45, 7) is 4.03. The van der Waals surface area contributed by atoms with Crippen molar-refractivity contribution in [1.29, 1.82) is 0 Å².